The number of ether oxygens (including phenoxy) is 1. The van der Waals surface area contributed by atoms with Gasteiger partial charge in [0, 0.05) is 11.5 Å². The lowest BCUT2D eigenvalue weighted by atomic mass is 9.69. The molecule has 0 spiro atoms. The zero-order chi connectivity index (χ0) is 17.3. The maximum atomic E-state index is 12.3. The smallest absolute Gasteiger partial charge is 0.254 e. The summed E-state index contributed by atoms with van der Waals surface area (Å²) in [6, 6.07) is 2.32. The van der Waals surface area contributed by atoms with Crippen LogP contribution in [-0.4, -0.2) is 18.6 Å². The fourth-order valence-corrected chi connectivity index (χ4v) is 5.01. The summed E-state index contributed by atoms with van der Waals surface area (Å²) in [6.07, 6.45) is 5.58. The van der Waals surface area contributed by atoms with Gasteiger partial charge in [0.1, 0.15) is 17.2 Å². The Labute approximate surface area is 148 Å². The van der Waals surface area contributed by atoms with Crippen LogP contribution in [0.1, 0.15) is 62.5 Å². The second-order valence-corrected chi connectivity index (χ2v) is 8.70. The summed E-state index contributed by atoms with van der Waals surface area (Å²) < 4.78 is 5.45. The number of nitrogens with zero attached hydrogens (tertiary/aromatic N) is 1. The third-order valence-corrected chi connectivity index (χ3v) is 7.02. The van der Waals surface area contributed by atoms with Gasteiger partial charge in [-0.3, -0.25) is 4.79 Å². The second kappa shape index (κ2) is 6.85. The molecule has 1 aliphatic heterocycles. The van der Waals surface area contributed by atoms with Crippen LogP contribution < -0.4 is 5.32 Å². The van der Waals surface area contributed by atoms with E-state index in [1.807, 2.05) is 0 Å². The summed E-state index contributed by atoms with van der Waals surface area (Å²) in [6.45, 7) is 7.57. The SMILES string of the molecule is CCC(C)(C)[C@H]1CCc2c(sc(NC(=O)[C@H]3CCCO3)c2C#N)C1. The average molecular weight is 346 g/mol. The molecule has 0 radical (unpaired) electrons. The Balaban J connectivity index is 1.81. The number of nitriles is 1. The Morgan fingerprint density at radius 3 is 2.88 bits per heavy atom. The maximum absolute atomic E-state index is 12.3. The van der Waals surface area contributed by atoms with Crippen molar-refractivity contribution in [2.24, 2.45) is 11.3 Å². The molecule has 24 heavy (non-hydrogen) atoms. The Morgan fingerprint density at radius 1 is 1.46 bits per heavy atom. The maximum Gasteiger partial charge on any atom is 0.254 e. The lowest BCUT2D eigenvalue weighted by Crippen LogP contribution is -2.28. The van der Waals surface area contributed by atoms with Gasteiger partial charge in [-0.1, -0.05) is 27.2 Å². The first-order valence-corrected chi connectivity index (χ1v) is 9.75. The van der Waals surface area contributed by atoms with Crippen molar-refractivity contribution in [1.29, 1.82) is 5.26 Å². The number of fused-ring (bicyclic) bond motifs is 1. The van der Waals surface area contributed by atoms with E-state index in [0.29, 0.717) is 23.5 Å². The van der Waals surface area contributed by atoms with Gasteiger partial charge in [0.15, 0.2) is 0 Å². The lowest BCUT2D eigenvalue weighted by Gasteiger charge is -2.36. The minimum Gasteiger partial charge on any atom is -0.368 e. The summed E-state index contributed by atoms with van der Waals surface area (Å²) in [5.41, 5.74) is 2.15. The van der Waals surface area contributed by atoms with E-state index in [4.69, 9.17) is 4.74 Å². The molecule has 3 rings (SSSR count). The molecular weight excluding hydrogens is 320 g/mol. The zero-order valence-electron chi connectivity index (χ0n) is 14.8. The normalized spacial score (nSPS) is 23.6. The van der Waals surface area contributed by atoms with Crippen molar-refractivity contribution in [2.75, 3.05) is 11.9 Å². The van der Waals surface area contributed by atoms with Crippen LogP contribution in [0.5, 0.6) is 0 Å². The number of hydrogen-bond donors (Lipinski definition) is 1. The molecule has 1 aliphatic carbocycles. The van der Waals surface area contributed by atoms with Crippen molar-refractivity contribution in [3.8, 4) is 6.07 Å². The van der Waals surface area contributed by atoms with Crippen molar-refractivity contribution in [3.63, 3.8) is 0 Å². The van der Waals surface area contributed by atoms with E-state index in [0.717, 1.165) is 49.1 Å². The number of rotatable bonds is 4. The second-order valence-electron chi connectivity index (χ2n) is 7.59. The van der Waals surface area contributed by atoms with Crippen LogP contribution in [0, 0.1) is 22.7 Å². The highest BCUT2D eigenvalue weighted by Crippen LogP contribution is 2.45. The minimum absolute atomic E-state index is 0.104. The molecule has 0 aromatic carbocycles. The molecule has 2 aliphatic rings. The molecule has 4 nitrogen and oxygen atoms in total. The lowest BCUT2D eigenvalue weighted by molar-refractivity contribution is -0.124. The van der Waals surface area contributed by atoms with Crippen LogP contribution in [0.25, 0.3) is 0 Å². The van der Waals surface area contributed by atoms with E-state index in [1.165, 1.54) is 4.88 Å². The standard InChI is InChI=1S/C19H26N2O2S/c1-4-19(2,3)12-7-8-13-14(11-20)18(24-16(13)10-12)21-17(22)15-6-5-9-23-15/h12,15H,4-10H2,1-3H3,(H,21,22)/t12-,15+/m0/s1. The van der Waals surface area contributed by atoms with Crippen LogP contribution >= 0.6 is 11.3 Å². The summed E-state index contributed by atoms with van der Waals surface area (Å²) in [4.78, 5) is 13.6. The fourth-order valence-electron chi connectivity index (χ4n) is 3.72. The minimum atomic E-state index is -0.359. The third-order valence-electron chi connectivity index (χ3n) is 5.85. The number of anilines is 1. The van der Waals surface area contributed by atoms with E-state index in [2.05, 4.69) is 32.2 Å². The number of carbonyl (C=O) groups is 1. The van der Waals surface area contributed by atoms with Crippen molar-refractivity contribution < 1.29 is 9.53 Å². The van der Waals surface area contributed by atoms with Gasteiger partial charge in [-0.2, -0.15) is 5.26 Å². The van der Waals surface area contributed by atoms with E-state index in [-0.39, 0.29) is 12.0 Å². The Kier molecular flexibility index (Phi) is 4.98. The summed E-state index contributed by atoms with van der Waals surface area (Å²) >= 11 is 1.59. The highest BCUT2D eigenvalue weighted by atomic mass is 32.1. The summed E-state index contributed by atoms with van der Waals surface area (Å²) in [5.74, 6) is 0.537. The molecule has 1 aromatic rings. The summed E-state index contributed by atoms with van der Waals surface area (Å²) in [7, 11) is 0. The molecule has 0 saturated carbocycles. The van der Waals surface area contributed by atoms with Crippen LogP contribution in [0.2, 0.25) is 0 Å². The van der Waals surface area contributed by atoms with E-state index in [1.54, 1.807) is 11.3 Å². The molecule has 1 aromatic heterocycles. The largest absolute Gasteiger partial charge is 0.368 e. The number of hydrogen-bond acceptors (Lipinski definition) is 4. The van der Waals surface area contributed by atoms with Gasteiger partial charge in [-0.05, 0) is 49.0 Å². The van der Waals surface area contributed by atoms with Crippen molar-refractivity contribution in [3.05, 3.63) is 16.0 Å². The van der Waals surface area contributed by atoms with Gasteiger partial charge in [0.05, 0.1) is 5.56 Å². The molecule has 0 unspecified atom stereocenters. The van der Waals surface area contributed by atoms with Crippen LogP contribution in [0.4, 0.5) is 5.00 Å². The first-order valence-electron chi connectivity index (χ1n) is 8.93. The van der Waals surface area contributed by atoms with Gasteiger partial charge in [0.2, 0.25) is 0 Å². The molecule has 2 atom stereocenters. The number of nitrogens with one attached hydrogen (secondary N) is 1. The first kappa shape index (κ1) is 17.4. The number of amides is 1. The van der Waals surface area contributed by atoms with Gasteiger partial charge in [-0.25, -0.2) is 0 Å². The monoisotopic (exact) mass is 346 g/mol. The van der Waals surface area contributed by atoms with Gasteiger partial charge in [-0.15, -0.1) is 11.3 Å². The van der Waals surface area contributed by atoms with E-state index in [9.17, 15) is 10.1 Å². The topological polar surface area (TPSA) is 62.1 Å². The third kappa shape index (κ3) is 3.22. The molecule has 1 amide bonds. The predicted octanol–water partition coefficient (Wildman–Crippen LogP) is 4.28. The van der Waals surface area contributed by atoms with Crippen molar-refractivity contribution >= 4 is 22.2 Å². The highest BCUT2D eigenvalue weighted by molar-refractivity contribution is 7.16. The fraction of sp³-hybridized carbons (Fsp3) is 0.684. The number of thiophene rings is 1. The molecule has 1 N–H and O–H groups in total. The van der Waals surface area contributed by atoms with Crippen LogP contribution in [-0.2, 0) is 22.4 Å². The molecule has 2 heterocycles. The van der Waals surface area contributed by atoms with E-state index < -0.39 is 0 Å². The molecule has 1 saturated heterocycles. The Morgan fingerprint density at radius 2 is 2.25 bits per heavy atom. The van der Waals surface area contributed by atoms with Gasteiger partial charge in [0.25, 0.3) is 5.91 Å². The van der Waals surface area contributed by atoms with Crippen molar-refractivity contribution in [1.82, 2.24) is 0 Å². The van der Waals surface area contributed by atoms with Gasteiger partial charge < -0.3 is 10.1 Å². The Bertz CT molecular complexity index is 666. The molecule has 1 fully saturated rings. The average Bonchev–Trinajstić information content (AvgIpc) is 3.21. The van der Waals surface area contributed by atoms with E-state index >= 15 is 0 Å². The van der Waals surface area contributed by atoms with Crippen molar-refractivity contribution in [2.45, 2.75) is 65.4 Å². The molecule has 130 valence electrons. The Hall–Kier alpha value is -1.38. The molecule has 5 heteroatoms. The van der Waals surface area contributed by atoms with Gasteiger partial charge >= 0.3 is 0 Å². The molecular formula is C19H26N2O2S. The number of carbonyl (C=O) groups excluding carboxylic acids is 1. The zero-order valence-corrected chi connectivity index (χ0v) is 15.6. The van der Waals surface area contributed by atoms with Crippen LogP contribution in [0.15, 0.2) is 0 Å². The first-order chi connectivity index (χ1) is 11.5. The van der Waals surface area contributed by atoms with Crippen LogP contribution in [0.3, 0.4) is 0 Å². The molecule has 0 bridgehead atoms. The quantitative estimate of drug-likeness (QED) is 0.885. The predicted molar refractivity (Wildman–Crippen MR) is 96.2 cm³/mol. The highest BCUT2D eigenvalue weighted by Gasteiger charge is 2.34. The summed E-state index contributed by atoms with van der Waals surface area (Å²) in [5, 5.41) is 13.3.